The lowest BCUT2D eigenvalue weighted by atomic mass is 9.79. The molecule has 0 bridgehead atoms. The minimum absolute atomic E-state index is 0.834. The predicted octanol–water partition coefficient (Wildman–Crippen LogP) is 4.28. The molecule has 0 amide bonds. The van der Waals surface area contributed by atoms with Crippen molar-refractivity contribution in [1.82, 2.24) is 4.90 Å². The maximum absolute atomic E-state index is 5.27. The first-order valence-corrected chi connectivity index (χ1v) is 8.74. The van der Waals surface area contributed by atoms with Crippen molar-refractivity contribution in [3.63, 3.8) is 0 Å². The number of rotatable bonds is 4. The number of nitrogens with zero attached hydrogens (tertiary/aromatic N) is 1. The van der Waals surface area contributed by atoms with E-state index in [1.165, 1.54) is 70.0 Å². The molecule has 21 heavy (non-hydrogen) atoms. The molecule has 1 aliphatic carbocycles. The standard InChI is InChI=1S/C19H29NO/c1-21-18-11-9-16(10-12-18)15-17-7-3-4-8-19(17)20-13-5-2-6-14-20/h9-12,17,19H,2-8,13-15H2,1H3/t17-,19-/m0/s1. The number of likely N-dealkylation sites (tertiary alicyclic amines) is 1. The van der Waals surface area contributed by atoms with E-state index in [2.05, 4.69) is 29.2 Å². The zero-order valence-electron chi connectivity index (χ0n) is 13.4. The van der Waals surface area contributed by atoms with E-state index in [-0.39, 0.29) is 0 Å². The van der Waals surface area contributed by atoms with Crippen molar-refractivity contribution in [1.29, 1.82) is 0 Å². The van der Waals surface area contributed by atoms with Gasteiger partial charge in [0.1, 0.15) is 5.75 Å². The second-order valence-electron chi connectivity index (χ2n) is 6.76. The zero-order chi connectivity index (χ0) is 14.5. The summed E-state index contributed by atoms with van der Waals surface area (Å²) in [6.45, 7) is 2.67. The molecule has 2 fully saturated rings. The molecule has 116 valence electrons. The van der Waals surface area contributed by atoms with Crippen molar-refractivity contribution < 1.29 is 4.74 Å². The van der Waals surface area contributed by atoms with E-state index in [4.69, 9.17) is 4.74 Å². The fourth-order valence-electron chi connectivity index (χ4n) is 4.22. The number of ether oxygens (including phenoxy) is 1. The van der Waals surface area contributed by atoms with Crippen LogP contribution in [0.4, 0.5) is 0 Å². The summed E-state index contributed by atoms with van der Waals surface area (Å²) in [7, 11) is 1.74. The first-order chi connectivity index (χ1) is 10.4. The van der Waals surface area contributed by atoms with Crippen LogP contribution in [0.5, 0.6) is 5.75 Å². The van der Waals surface area contributed by atoms with Crippen LogP contribution in [0.1, 0.15) is 50.5 Å². The number of hydrogen-bond acceptors (Lipinski definition) is 2. The Balaban J connectivity index is 1.65. The largest absolute Gasteiger partial charge is 0.497 e. The SMILES string of the molecule is COc1ccc(C[C@@H]2CCCC[C@@H]2N2CCCCC2)cc1. The lowest BCUT2D eigenvalue weighted by molar-refractivity contribution is 0.0846. The van der Waals surface area contributed by atoms with Crippen molar-refractivity contribution in [3.05, 3.63) is 29.8 Å². The summed E-state index contributed by atoms with van der Waals surface area (Å²) in [5.74, 6) is 1.82. The van der Waals surface area contributed by atoms with Crippen LogP contribution in [0, 0.1) is 5.92 Å². The minimum Gasteiger partial charge on any atom is -0.497 e. The van der Waals surface area contributed by atoms with Gasteiger partial charge in [0.15, 0.2) is 0 Å². The average molecular weight is 287 g/mol. The van der Waals surface area contributed by atoms with Gasteiger partial charge >= 0.3 is 0 Å². The summed E-state index contributed by atoms with van der Waals surface area (Å²) < 4.78 is 5.27. The smallest absolute Gasteiger partial charge is 0.118 e. The van der Waals surface area contributed by atoms with Gasteiger partial charge < -0.3 is 9.64 Å². The Labute approximate surface area is 129 Å². The molecule has 1 saturated heterocycles. The number of methoxy groups -OCH3 is 1. The lowest BCUT2D eigenvalue weighted by Gasteiger charge is -2.42. The molecule has 1 saturated carbocycles. The van der Waals surface area contributed by atoms with E-state index >= 15 is 0 Å². The molecular formula is C19H29NO. The summed E-state index contributed by atoms with van der Waals surface area (Å²) in [6, 6.07) is 9.55. The first kappa shape index (κ1) is 14.9. The average Bonchev–Trinajstić information content (AvgIpc) is 2.57. The second kappa shape index (κ2) is 7.31. The van der Waals surface area contributed by atoms with Gasteiger partial charge in [-0.05, 0) is 68.8 Å². The highest BCUT2D eigenvalue weighted by atomic mass is 16.5. The topological polar surface area (TPSA) is 12.5 Å². The van der Waals surface area contributed by atoms with E-state index < -0.39 is 0 Å². The Hall–Kier alpha value is -1.02. The number of benzene rings is 1. The summed E-state index contributed by atoms with van der Waals surface area (Å²) in [4.78, 5) is 2.80. The molecule has 2 heteroatoms. The summed E-state index contributed by atoms with van der Waals surface area (Å²) in [5.41, 5.74) is 1.48. The number of piperidine rings is 1. The van der Waals surface area contributed by atoms with Gasteiger partial charge in [0.05, 0.1) is 7.11 Å². The maximum Gasteiger partial charge on any atom is 0.118 e. The quantitative estimate of drug-likeness (QED) is 0.819. The van der Waals surface area contributed by atoms with Crippen LogP contribution in [0.15, 0.2) is 24.3 Å². The molecule has 1 aromatic rings. The normalized spacial score (nSPS) is 27.5. The third-order valence-corrected chi connectivity index (χ3v) is 5.39. The van der Waals surface area contributed by atoms with Crippen LogP contribution in [-0.4, -0.2) is 31.1 Å². The van der Waals surface area contributed by atoms with E-state index in [0.717, 1.165) is 17.7 Å². The van der Waals surface area contributed by atoms with E-state index in [1.54, 1.807) is 7.11 Å². The predicted molar refractivity (Wildman–Crippen MR) is 87.9 cm³/mol. The van der Waals surface area contributed by atoms with Crippen LogP contribution in [0.2, 0.25) is 0 Å². The second-order valence-corrected chi connectivity index (χ2v) is 6.76. The van der Waals surface area contributed by atoms with Crippen LogP contribution in [0.3, 0.4) is 0 Å². The molecular weight excluding hydrogens is 258 g/mol. The molecule has 2 nitrogen and oxygen atoms in total. The van der Waals surface area contributed by atoms with Crippen LogP contribution < -0.4 is 4.74 Å². The fourth-order valence-corrected chi connectivity index (χ4v) is 4.22. The van der Waals surface area contributed by atoms with Crippen LogP contribution in [-0.2, 0) is 6.42 Å². The zero-order valence-corrected chi connectivity index (χ0v) is 13.4. The van der Waals surface area contributed by atoms with Gasteiger partial charge in [-0.15, -0.1) is 0 Å². The Morgan fingerprint density at radius 1 is 0.952 bits per heavy atom. The molecule has 2 aliphatic rings. The van der Waals surface area contributed by atoms with Crippen molar-refractivity contribution in [2.75, 3.05) is 20.2 Å². The highest BCUT2D eigenvalue weighted by molar-refractivity contribution is 5.27. The Bertz CT molecular complexity index is 422. The Morgan fingerprint density at radius 3 is 2.38 bits per heavy atom. The third kappa shape index (κ3) is 3.79. The van der Waals surface area contributed by atoms with Crippen LogP contribution in [0.25, 0.3) is 0 Å². The van der Waals surface area contributed by atoms with Crippen LogP contribution >= 0.6 is 0 Å². The van der Waals surface area contributed by atoms with Gasteiger partial charge in [-0.1, -0.05) is 31.4 Å². The molecule has 1 aliphatic heterocycles. The van der Waals surface area contributed by atoms with Gasteiger partial charge in [0.25, 0.3) is 0 Å². The van der Waals surface area contributed by atoms with Gasteiger partial charge in [-0.25, -0.2) is 0 Å². The first-order valence-electron chi connectivity index (χ1n) is 8.74. The molecule has 1 heterocycles. The number of hydrogen-bond donors (Lipinski definition) is 0. The molecule has 0 N–H and O–H groups in total. The van der Waals surface area contributed by atoms with Gasteiger partial charge in [-0.2, -0.15) is 0 Å². The molecule has 0 unspecified atom stereocenters. The molecule has 0 aromatic heterocycles. The highest BCUT2D eigenvalue weighted by Crippen LogP contribution is 2.32. The monoisotopic (exact) mass is 287 g/mol. The van der Waals surface area contributed by atoms with Crippen molar-refractivity contribution >= 4 is 0 Å². The molecule has 3 rings (SSSR count). The summed E-state index contributed by atoms with van der Waals surface area (Å²) in [5, 5.41) is 0. The molecule has 2 atom stereocenters. The van der Waals surface area contributed by atoms with E-state index in [9.17, 15) is 0 Å². The highest BCUT2D eigenvalue weighted by Gasteiger charge is 2.30. The summed E-state index contributed by atoms with van der Waals surface area (Å²) in [6.07, 6.45) is 11.2. The van der Waals surface area contributed by atoms with Gasteiger partial charge in [-0.3, -0.25) is 0 Å². The van der Waals surface area contributed by atoms with Gasteiger partial charge in [0, 0.05) is 6.04 Å². The van der Waals surface area contributed by atoms with Crippen molar-refractivity contribution in [2.45, 2.75) is 57.4 Å². The van der Waals surface area contributed by atoms with Gasteiger partial charge in [0.2, 0.25) is 0 Å². The fraction of sp³-hybridized carbons (Fsp3) is 0.684. The Morgan fingerprint density at radius 2 is 1.67 bits per heavy atom. The third-order valence-electron chi connectivity index (χ3n) is 5.39. The van der Waals surface area contributed by atoms with E-state index in [0.29, 0.717) is 0 Å². The molecule has 1 aromatic carbocycles. The molecule has 0 spiro atoms. The van der Waals surface area contributed by atoms with Crippen molar-refractivity contribution in [3.8, 4) is 5.75 Å². The maximum atomic E-state index is 5.27. The van der Waals surface area contributed by atoms with Crippen molar-refractivity contribution in [2.24, 2.45) is 5.92 Å². The minimum atomic E-state index is 0.834. The van der Waals surface area contributed by atoms with E-state index in [1.807, 2.05) is 0 Å². The summed E-state index contributed by atoms with van der Waals surface area (Å²) >= 11 is 0. The lowest BCUT2D eigenvalue weighted by Crippen LogP contribution is -2.45. The molecule has 0 radical (unpaired) electrons. The Kier molecular flexibility index (Phi) is 5.18.